The van der Waals surface area contributed by atoms with E-state index in [1.165, 1.54) is 29.7 Å². The zero-order chi connectivity index (χ0) is 16.2. The Morgan fingerprint density at radius 1 is 0.773 bits per heavy atom. The minimum Gasteiger partial charge on any atom is -0.399 e. The first-order valence-electron chi connectivity index (χ1n) is 6.44. The first-order valence-corrected chi connectivity index (χ1v) is 7.88. The minimum absolute atomic E-state index is 0.147. The summed E-state index contributed by atoms with van der Waals surface area (Å²) in [4.78, 5) is -0.147. The molecule has 0 saturated carbocycles. The van der Waals surface area contributed by atoms with E-state index in [9.17, 15) is 8.42 Å². The molecule has 0 bridgehead atoms. The molecule has 0 aliphatic heterocycles. The van der Waals surface area contributed by atoms with E-state index in [2.05, 4.69) is 12.1 Å². The Hall–Kier alpha value is -2.57. The van der Waals surface area contributed by atoms with Crippen LogP contribution in [0.1, 0.15) is 0 Å². The van der Waals surface area contributed by atoms with Crippen LogP contribution in [0.25, 0.3) is 10.8 Å². The molecule has 3 rings (SSSR count). The van der Waals surface area contributed by atoms with Gasteiger partial charge in [-0.15, -0.1) is 0 Å². The molecule has 0 atom stereocenters. The number of nitrogens with two attached hydrogens (primary N) is 2. The first-order chi connectivity index (χ1) is 10.4. The molecule has 0 radical (unpaired) electrons. The van der Waals surface area contributed by atoms with Gasteiger partial charge in [-0.3, -0.25) is 4.55 Å². The molecule has 6 heteroatoms. The molecule has 0 aliphatic carbocycles. The number of anilines is 2. The van der Waals surface area contributed by atoms with Crippen molar-refractivity contribution in [2.45, 2.75) is 4.90 Å². The third-order valence-corrected chi connectivity index (χ3v) is 3.87. The van der Waals surface area contributed by atoms with Crippen molar-refractivity contribution in [2.24, 2.45) is 0 Å². The predicted molar refractivity (Wildman–Crippen MR) is 89.0 cm³/mol. The van der Waals surface area contributed by atoms with Crippen molar-refractivity contribution in [3.8, 4) is 0 Å². The zero-order valence-corrected chi connectivity index (χ0v) is 12.5. The summed E-state index contributed by atoms with van der Waals surface area (Å²) in [6.07, 6.45) is 0. The van der Waals surface area contributed by atoms with Crippen molar-refractivity contribution in [3.63, 3.8) is 0 Å². The summed E-state index contributed by atoms with van der Waals surface area (Å²) in [6.45, 7) is 0. The fourth-order valence-corrected chi connectivity index (χ4v) is 2.37. The van der Waals surface area contributed by atoms with E-state index in [1.807, 2.05) is 30.3 Å². The molecule has 0 amide bonds. The van der Waals surface area contributed by atoms with Crippen LogP contribution >= 0.6 is 0 Å². The lowest BCUT2D eigenvalue weighted by molar-refractivity contribution is 0.483. The smallest absolute Gasteiger partial charge is 0.294 e. The maximum Gasteiger partial charge on any atom is 0.294 e. The average Bonchev–Trinajstić information content (AvgIpc) is 2.48. The Kier molecular flexibility index (Phi) is 4.65. The van der Waals surface area contributed by atoms with Crippen LogP contribution in [-0.4, -0.2) is 13.0 Å². The Balaban J connectivity index is 0.000000160. The van der Waals surface area contributed by atoms with Crippen LogP contribution in [0.4, 0.5) is 11.4 Å². The third-order valence-electron chi connectivity index (χ3n) is 3.00. The van der Waals surface area contributed by atoms with E-state index in [4.69, 9.17) is 16.0 Å². The van der Waals surface area contributed by atoms with Gasteiger partial charge in [0.15, 0.2) is 0 Å². The summed E-state index contributed by atoms with van der Waals surface area (Å²) < 4.78 is 29.4. The van der Waals surface area contributed by atoms with Crippen LogP contribution in [0.5, 0.6) is 0 Å². The molecule has 5 nitrogen and oxygen atoms in total. The third kappa shape index (κ3) is 3.97. The van der Waals surface area contributed by atoms with Gasteiger partial charge in [0.1, 0.15) is 0 Å². The van der Waals surface area contributed by atoms with Gasteiger partial charge < -0.3 is 11.5 Å². The van der Waals surface area contributed by atoms with E-state index in [0.717, 1.165) is 11.1 Å². The Bertz CT molecular complexity index is 870. The zero-order valence-electron chi connectivity index (χ0n) is 11.7. The van der Waals surface area contributed by atoms with Crippen LogP contribution in [0.15, 0.2) is 71.6 Å². The first kappa shape index (κ1) is 15.8. The van der Waals surface area contributed by atoms with Crippen molar-refractivity contribution >= 4 is 32.3 Å². The monoisotopic (exact) mass is 316 g/mol. The molecule has 5 N–H and O–H groups in total. The molecule has 0 fully saturated rings. The summed E-state index contributed by atoms with van der Waals surface area (Å²) in [5.41, 5.74) is 12.4. The number of nitrogen functional groups attached to an aromatic ring is 2. The Morgan fingerprint density at radius 2 is 1.36 bits per heavy atom. The fraction of sp³-hybridized carbons (Fsp3) is 0. The highest BCUT2D eigenvalue weighted by atomic mass is 32.2. The van der Waals surface area contributed by atoms with Crippen molar-refractivity contribution in [3.05, 3.63) is 66.7 Å². The molecule has 22 heavy (non-hydrogen) atoms. The molecule has 0 spiro atoms. The largest absolute Gasteiger partial charge is 0.399 e. The highest BCUT2D eigenvalue weighted by molar-refractivity contribution is 7.85. The van der Waals surface area contributed by atoms with E-state index in [0.29, 0.717) is 5.69 Å². The summed E-state index contributed by atoms with van der Waals surface area (Å²) in [7, 11) is -4.08. The quantitative estimate of drug-likeness (QED) is 0.473. The van der Waals surface area contributed by atoms with Gasteiger partial charge in [-0.05, 0) is 35.7 Å². The van der Waals surface area contributed by atoms with Crippen LogP contribution in [0.3, 0.4) is 0 Å². The number of hydrogen-bond acceptors (Lipinski definition) is 4. The van der Waals surface area contributed by atoms with Gasteiger partial charge >= 0.3 is 0 Å². The lowest BCUT2D eigenvalue weighted by Crippen LogP contribution is -1.97. The van der Waals surface area contributed by atoms with Crippen molar-refractivity contribution in [2.75, 3.05) is 11.5 Å². The molecule has 3 aromatic rings. The molecular formula is C16H16N2O3S. The molecule has 0 heterocycles. The standard InChI is InChI=1S/C10H9N.C6H7NO3S/c11-10-7-3-5-8-4-1-2-6-9(8)10;7-5-1-3-6(4-2-5)11(8,9)10/h1-7H,11H2;1-4H,7H2,(H,8,9,10). The SMILES string of the molecule is Nc1ccc(S(=O)(=O)O)cc1.Nc1cccc2ccccc12. The normalized spacial score (nSPS) is 10.8. The van der Waals surface area contributed by atoms with Gasteiger partial charge in [-0.2, -0.15) is 8.42 Å². The highest BCUT2D eigenvalue weighted by Crippen LogP contribution is 2.19. The summed E-state index contributed by atoms with van der Waals surface area (Å²) in [5, 5.41) is 2.34. The van der Waals surface area contributed by atoms with Crippen molar-refractivity contribution < 1.29 is 13.0 Å². The van der Waals surface area contributed by atoms with E-state index in [1.54, 1.807) is 0 Å². The van der Waals surface area contributed by atoms with Gasteiger partial charge in [0.05, 0.1) is 4.90 Å². The van der Waals surface area contributed by atoms with E-state index >= 15 is 0 Å². The molecule has 0 unspecified atom stereocenters. The minimum atomic E-state index is -4.08. The fourth-order valence-electron chi connectivity index (χ4n) is 1.89. The van der Waals surface area contributed by atoms with Crippen LogP contribution in [0, 0.1) is 0 Å². The van der Waals surface area contributed by atoms with Crippen molar-refractivity contribution in [1.29, 1.82) is 0 Å². The maximum absolute atomic E-state index is 10.5. The molecule has 0 aliphatic rings. The van der Waals surface area contributed by atoms with Gasteiger partial charge in [0, 0.05) is 16.8 Å². The van der Waals surface area contributed by atoms with E-state index < -0.39 is 10.1 Å². The van der Waals surface area contributed by atoms with Gasteiger partial charge in [-0.25, -0.2) is 0 Å². The van der Waals surface area contributed by atoms with Crippen LogP contribution in [0.2, 0.25) is 0 Å². The molecule has 0 saturated heterocycles. The second-order valence-corrected chi connectivity index (χ2v) is 6.03. The van der Waals surface area contributed by atoms with Gasteiger partial charge in [0.25, 0.3) is 10.1 Å². The summed E-state index contributed by atoms with van der Waals surface area (Å²) in [6, 6.07) is 19.4. The predicted octanol–water partition coefficient (Wildman–Crippen LogP) is 2.94. The Labute approximate surface area is 128 Å². The lowest BCUT2D eigenvalue weighted by atomic mass is 10.1. The Morgan fingerprint density at radius 3 is 1.95 bits per heavy atom. The topological polar surface area (TPSA) is 106 Å². The summed E-state index contributed by atoms with van der Waals surface area (Å²) >= 11 is 0. The summed E-state index contributed by atoms with van der Waals surface area (Å²) in [5.74, 6) is 0. The average molecular weight is 316 g/mol. The van der Waals surface area contributed by atoms with Gasteiger partial charge in [0.2, 0.25) is 0 Å². The molecular weight excluding hydrogens is 300 g/mol. The lowest BCUT2D eigenvalue weighted by Gasteiger charge is -1.98. The number of hydrogen-bond donors (Lipinski definition) is 3. The van der Waals surface area contributed by atoms with E-state index in [-0.39, 0.29) is 4.90 Å². The molecule has 114 valence electrons. The van der Waals surface area contributed by atoms with Crippen molar-refractivity contribution in [1.82, 2.24) is 0 Å². The van der Waals surface area contributed by atoms with Gasteiger partial charge in [-0.1, -0.05) is 36.4 Å². The molecule has 0 aromatic heterocycles. The highest BCUT2D eigenvalue weighted by Gasteiger charge is 2.06. The number of benzene rings is 3. The number of fused-ring (bicyclic) bond motifs is 1. The maximum atomic E-state index is 10.5. The number of rotatable bonds is 1. The second kappa shape index (κ2) is 6.46. The second-order valence-electron chi connectivity index (χ2n) is 4.61. The molecule has 3 aromatic carbocycles. The van der Waals surface area contributed by atoms with Crippen LogP contribution < -0.4 is 11.5 Å². The van der Waals surface area contributed by atoms with Crippen LogP contribution in [-0.2, 0) is 10.1 Å².